The number of nitrogens with zero attached hydrogens (tertiary/aromatic N) is 2. The Labute approximate surface area is 202 Å². The van der Waals surface area contributed by atoms with Crippen LogP contribution in [-0.4, -0.2) is 62.3 Å². The van der Waals surface area contributed by atoms with Gasteiger partial charge in [-0.2, -0.15) is 0 Å². The number of piperidine rings is 2. The molecule has 32 heavy (non-hydrogen) atoms. The fourth-order valence-electron chi connectivity index (χ4n) is 4.78. The maximum Gasteiger partial charge on any atom is 0.223 e. The van der Waals surface area contributed by atoms with Crippen LogP contribution in [0.3, 0.4) is 0 Å². The number of hydrogen-bond acceptors (Lipinski definition) is 4. The highest BCUT2D eigenvalue weighted by molar-refractivity contribution is 7.88. The SMILES string of the molecule is CC[C@H]1CCCCN1CCCNC(=O)C1CCN(S(=O)(=O)Cc2ccc(Cl)cc2Cl)CC1. The number of benzene rings is 1. The fraction of sp³-hybridized carbons (Fsp3) is 0.696. The number of sulfonamides is 1. The van der Waals surface area contributed by atoms with Gasteiger partial charge in [-0.3, -0.25) is 4.79 Å². The molecule has 0 spiro atoms. The molecule has 2 aliphatic rings. The predicted octanol–water partition coefficient (Wildman–Crippen LogP) is 4.31. The van der Waals surface area contributed by atoms with Crippen LogP contribution in [-0.2, 0) is 20.6 Å². The maximum absolute atomic E-state index is 12.8. The summed E-state index contributed by atoms with van der Waals surface area (Å²) in [5, 5.41) is 3.90. The van der Waals surface area contributed by atoms with E-state index in [1.165, 1.54) is 36.5 Å². The van der Waals surface area contributed by atoms with Crippen LogP contribution < -0.4 is 5.32 Å². The van der Waals surface area contributed by atoms with Gasteiger partial charge in [0.15, 0.2) is 0 Å². The highest BCUT2D eigenvalue weighted by Crippen LogP contribution is 2.26. The zero-order valence-electron chi connectivity index (χ0n) is 18.9. The van der Waals surface area contributed by atoms with E-state index in [9.17, 15) is 13.2 Å². The third-order valence-corrected chi connectivity index (χ3v) is 9.13. The first-order chi connectivity index (χ1) is 15.3. The number of likely N-dealkylation sites (tertiary alicyclic amines) is 1. The number of carbonyl (C=O) groups is 1. The van der Waals surface area contributed by atoms with Crippen molar-refractivity contribution >= 4 is 39.1 Å². The van der Waals surface area contributed by atoms with Crippen molar-refractivity contribution in [2.45, 2.75) is 63.7 Å². The molecule has 0 aliphatic carbocycles. The Morgan fingerprint density at radius 1 is 1.12 bits per heavy atom. The minimum absolute atomic E-state index is 0.0495. The van der Waals surface area contributed by atoms with E-state index in [0.717, 1.165) is 13.0 Å². The summed E-state index contributed by atoms with van der Waals surface area (Å²) in [6, 6.07) is 5.53. The van der Waals surface area contributed by atoms with Crippen molar-refractivity contribution in [2.75, 3.05) is 32.7 Å². The molecule has 1 N–H and O–H groups in total. The Bertz CT molecular complexity index is 873. The van der Waals surface area contributed by atoms with E-state index >= 15 is 0 Å². The zero-order valence-corrected chi connectivity index (χ0v) is 21.2. The van der Waals surface area contributed by atoms with Gasteiger partial charge in [0.05, 0.1) is 5.75 Å². The van der Waals surface area contributed by atoms with E-state index in [4.69, 9.17) is 23.2 Å². The van der Waals surface area contributed by atoms with Crippen LogP contribution in [0, 0.1) is 5.92 Å². The van der Waals surface area contributed by atoms with E-state index in [0.29, 0.717) is 54.1 Å². The molecule has 0 saturated carbocycles. The largest absolute Gasteiger partial charge is 0.356 e. The molecule has 1 aromatic carbocycles. The molecule has 2 saturated heterocycles. The molecule has 0 aromatic heterocycles. The van der Waals surface area contributed by atoms with E-state index in [1.54, 1.807) is 18.2 Å². The normalized spacial score (nSPS) is 21.5. The summed E-state index contributed by atoms with van der Waals surface area (Å²) < 4.78 is 27.1. The Morgan fingerprint density at radius 3 is 2.56 bits per heavy atom. The summed E-state index contributed by atoms with van der Waals surface area (Å²) in [6.07, 6.45) is 7.12. The molecule has 3 rings (SSSR count). The first kappa shape index (κ1) is 25.8. The zero-order chi connectivity index (χ0) is 23.1. The summed E-state index contributed by atoms with van der Waals surface area (Å²) in [5.74, 6) is -0.234. The molecule has 2 aliphatic heterocycles. The van der Waals surface area contributed by atoms with Gasteiger partial charge in [0, 0.05) is 48.2 Å². The van der Waals surface area contributed by atoms with Crippen molar-refractivity contribution < 1.29 is 13.2 Å². The van der Waals surface area contributed by atoms with Crippen molar-refractivity contribution in [1.29, 1.82) is 0 Å². The summed E-state index contributed by atoms with van der Waals surface area (Å²) in [6.45, 7) is 5.85. The standard InChI is InChI=1S/C23H35Cl2N3O3S/c1-2-21-6-3-4-12-27(21)13-5-11-26-23(29)18-9-14-28(15-10-18)32(30,31)17-19-7-8-20(24)16-22(19)25/h7-8,16,18,21H,2-6,9-15,17H2,1H3,(H,26,29)/t21-/m0/s1. The lowest BCUT2D eigenvalue weighted by Crippen LogP contribution is -2.44. The minimum atomic E-state index is -3.49. The quantitative estimate of drug-likeness (QED) is 0.509. The number of rotatable bonds is 9. The van der Waals surface area contributed by atoms with Gasteiger partial charge in [-0.25, -0.2) is 12.7 Å². The second-order valence-electron chi connectivity index (χ2n) is 8.90. The Balaban J connectivity index is 1.40. The first-order valence-electron chi connectivity index (χ1n) is 11.7. The topological polar surface area (TPSA) is 69.7 Å². The second-order valence-corrected chi connectivity index (χ2v) is 11.7. The molecule has 1 atom stereocenters. The predicted molar refractivity (Wildman–Crippen MR) is 131 cm³/mol. The van der Waals surface area contributed by atoms with E-state index in [2.05, 4.69) is 17.1 Å². The summed E-state index contributed by atoms with van der Waals surface area (Å²) in [5.41, 5.74) is 0.537. The van der Waals surface area contributed by atoms with Crippen LogP contribution in [0.15, 0.2) is 18.2 Å². The van der Waals surface area contributed by atoms with Gasteiger partial charge in [-0.15, -0.1) is 0 Å². The van der Waals surface area contributed by atoms with Crippen LogP contribution in [0.1, 0.15) is 57.4 Å². The summed E-state index contributed by atoms with van der Waals surface area (Å²) in [7, 11) is -3.49. The van der Waals surface area contributed by atoms with Crippen molar-refractivity contribution in [3.8, 4) is 0 Å². The lowest BCUT2D eigenvalue weighted by Gasteiger charge is -2.35. The van der Waals surface area contributed by atoms with Crippen molar-refractivity contribution in [3.05, 3.63) is 33.8 Å². The molecular weight excluding hydrogens is 469 g/mol. The summed E-state index contributed by atoms with van der Waals surface area (Å²) >= 11 is 12.0. The Morgan fingerprint density at radius 2 is 1.88 bits per heavy atom. The summed E-state index contributed by atoms with van der Waals surface area (Å²) in [4.78, 5) is 15.1. The van der Waals surface area contributed by atoms with Gasteiger partial charge in [-0.05, 0) is 62.8 Å². The Kier molecular flexibility index (Phi) is 9.68. The molecule has 1 amide bonds. The lowest BCUT2D eigenvalue weighted by molar-refractivity contribution is -0.126. The van der Waals surface area contributed by atoms with E-state index in [1.807, 2.05) is 0 Å². The molecule has 2 fully saturated rings. The fourth-order valence-corrected chi connectivity index (χ4v) is 6.93. The highest BCUT2D eigenvalue weighted by atomic mass is 35.5. The van der Waals surface area contributed by atoms with Gasteiger partial charge in [0.2, 0.25) is 15.9 Å². The van der Waals surface area contributed by atoms with Crippen molar-refractivity contribution in [1.82, 2.24) is 14.5 Å². The average Bonchev–Trinajstić information content (AvgIpc) is 2.78. The lowest BCUT2D eigenvalue weighted by atomic mass is 9.97. The monoisotopic (exact) mass is 503 g/mol. The Hall–Kier alpha value is -0.860. The second kappa shape index (κ2) is 12.0. The first-order valence-corrected chi connectivity index (χ1v) is 14.1. The van der Waals surface area contributed by atoms with Crippen LogP contribution in [0.2, 0.25) is 10.0 Å². The number of hydrogen-bond donors (Lipinski definition) is 1. The highest BCUT2D eigenvalue weighted by Gasteiger charge is 2.31. The van der Waals surface area contributed by atoms with E-state index in [-0.39, 0.29) is 17.6 Å². The van der Waals surface area contributed by atoms with Crippen molar-refractivity contribution in [2.24, 2.45) is 5.92 Å². The van der Waals surface area contributed by atoms with Crippen LogP contribution in [0.5, 0.6) is 0 Å². The number of nitrogens with one attached hydrogen (secondary N) is 1. The minimum Gasteiger partial charge on any atom is -0.356 e. The van der Waals surface area contributed by atoms with Crippen molar-refractivity contribution in [3.63, 3.8) is 0 Å². The smallest absolute Gasteiger partial charge is 0.223 e. The van der Waals surface area contributed by atoms with Crippen LogP contribution in [0.4, 0.5) is 0 Å². The molecule has 0 bridgehead atoms. The molecule has 1 aromatic rings. The van der Waals surface area contributed by atoms with Gasteiger partial charge < -0.3 is 10.2 Å². The molecule has 2 heterocycles. The molecule has 0 unspecified atom stereocenters. The molecule has 180 valence electrons. The van der Waals surface area contributed by atoms with Crippen LogP contribution in [0.25, 0.3) is 0 Å². The molecule has 6 nitrogen and oxygen atoms in total. The molecule has 9 heteroatoms. The van der Waals surface area contributed by atoms with Gasteiger partial charge in [0.25, 0.3) is 0 Å². The third-order valence-electron chi connectivity index (χ3n) is 6.71. The maximum atomic E-state index is 12.8. The molecular formula is C23H35Cl2N3O3S. The van der Waals surface area contributed by atoms with E-state index < -0.39 is 10.0 Å². The average molecular weight is 505 g/mol. The third kappa shape index (κ3) is 7.07. The molecule has 0 radical (unpaired) electrons. The number of carbonyl (C=O) groups excluding carboxylic acids is 1. The van der Waals surface area contributed by atoms with Gasteiger partial charge >= 0.3 is 0 Å². The van der Waals surface area contributed by atoms with Gasteiger partial charge in [-0.1, -0.05) is 42.6 Å². The van der Waals surface area contributed by atoms with Gasteiger partial charge in [0.1, 0.15) is 0 Å². The van der Waals surface area contributed by atoms with Crippen LogP contribution >= 0.6 is 23.2 Å². The number of halogens is 2. The number of amides is 1.